The van der Waals surface area contributed by atoms with Gasteiger partial charge in [0.05, 0.1) is 21.8 Å². The monoisotopic (exact) mass is 300 g/mol. The van der Waals surface area contributed by atoms with Gasteiger partial charge in [-0.2, -0.15) is 5.26 Å². The molecular weight excluding hydrogens is 284 g/mol. The molecule has 0 atom stereocenters. The molecule has 2 heterocycles. The Morgan fingerprint density at radius 1 is 1.43 bits per heavy atom. The van der Waals surface area contributed by atoms with Crippen molar-refractivity contribution in [2.24, 2.45) is 0 Å². The molecule has 6 heteroatoms. The van der Waals surface area contributed by atoms with Gasteiger partial charge in [-0.15, -0.1) is 11.3 Å². The largest absolute Gasteiger partial charge is 0.382 e. The number of amides is 1. The number of nitrogens with one attached hydrogen (secondary N) is 2. The van der Waals surface area contributed by atoms with Gasteiger partial charge in [-0.3, -0.25) is 9.78 Å². The third-order valence-electron chi connectivity index (χ3n) is 2.91. The van der Waals surface area contributed by atoms with Gasteiger partial charge in [-0.1, -0.05) is 6.07 Å². The van der Waals surface area contributed by atoms with Crippen LogP contribution in [-0.2, 0) is 0 Å². The van der Waals surface area contributed by atoms with E-state index in [9.17, 15) is 4.79 Å². The highest BCUT2D eigenvalue weighted by atomic mass is 32.1. The Bertz CT molecular complexity index is 674. The molecule has 0 unspecified atom stereocenters. The summed E-state index contributed by atoms with van der Waals surface area (Å²) < 4.78 is 0. The van der Waals surface area contributed by atoms with Crippen molar-refractivity contribution < 1.29 is 4.79 Å². The molecule has 0 aromatic carbocycles. The summed E-state index contributed by atoms with van der Waals surface area (Å²) in [6, 6.07) is 7.63. The van der Waals surface area contributed by atoms with Gasteiger partial charge in [0.1, 0.15) is 6.07 Å². The third-order valence-corrected chi connectivity index (χ3v) is 3.78. The van der Waals surface area contributed by atoms with Gasteiger partial charge in [0.15, 0.2) is 0 Å². The Morgan fingerprint density at radius 3 is 2.90 bits per heavy atom. The van der Waals surface area contributed by atoms with E-state index in [1.165, 1.54) is 11.3 Å². The van der Waals surface area contributed by atoms with Crippen LogP contribution in [0.4, 0.5) is 5.69 Å². The molecule has 0 fully saturated rings. The smallest absolute Gasteiger partial charge is 0.261 e. The van der Waals surface area contributed by atoms with Crippen LogP contribution in [0.5, 0.6) is 0 Å². The van der Waals surface area contributed by atoms with E-state index >= 15 is 0 Å². The predicted molar refractivity (Wildman–Crippen MR) is 83.6 cm³/mol. The van der Waals surface area contributed by atoms with Crippen LogP contribution in [0.25, 0.3) is 0 Å². The fraction of sp³-hybridized carbons (Fsp3) is 0.267. The number of carbonyl (C=O) groups excluding carboxylic acids is 1. The number of nitrogens with zero attached hydrogens (tertiary/aromatic N) is 2. The third kappa shape index (κ3) is 3.80. The summed E-state index contributed by atoms with van der Waals surface area (Å²) in [5.41, 5.74) is 2.87. The molecule has 2 rings (SSSR count). The second-order valence-corrected chi connectivity index (χ2v) is 5.49. The molecule has 0 spiro atoms. The molecule has 5 nitrogen and oxygen atoms in total. The van der Waals surface area contributed by atoms with Gasteiger partial charge in [-0.25, -0.2) is 0 Å². The highest BCUT2D eigenvalue weighted by Crippen LogP contribution is 2.18. The SMILES string of the molecule is Cc1cc(NCCNC(=O)c2cccs2)c(C#N)c(C)n1. The van der Waals surface area contributed by atoms with Crippen LogP contribution in [0.3, 0.4) is 0 Å². The lowest BCUT2D eigenvalue weighted by atomic mass is 10.1. The van der Waals surface area contributed by atoms with Crippen molar-refractivity contribution in [3.05, 3.63) is 45.4 Å². The minimum Gasteiger partial charge on any atom is -0.382 e. The maximum Gasteiger partial charge on any atom is 0.261 e. The zero-order chi connectivity index (χ0) is 15.2. The lowest BCUT2D eigenvalue weighted by Crippen LogP contribution is -2.28. The van der Waals surface area contributed by atoms with Gasteiger partial charge in [-0.05, 0) is 31.4 Å². The number of pyridine rings is 1. The summed E-state index contributed by atoms with van der Waals surface area (Å²) in [5, 5.41) is 17.0. The molecule has 2 aromatic rings. The highest BCUT2D eigenvalue weighted by Gasteiger charge is 2.08. The normalized spacial score (nSPS) is 9.95. The predicted octanol–water partition coefficient (Wildman–Crippen LogP) is 2.47. The molecule has 0 saturated heterocycles. The van der Waals surface area contributed by atoms with E-state index < -0.39 is 0 Å². The zero-order valence-corrected chi connectivity index (χ0v) is 12.8. The number of carbonyl (C=O) groups is 1. The lowest BCUT2D eigenvalue weighted by molar-refractivity contribution is 0.0959. The number of aromatic nitrogens is 1. The molecule has 21 heavy (non-hydrogen) atoms. The average Bonchev–Trinajstić information content (AvgIpc) is 2.97. The Morgan fingerprint density at radius 2 is 2.24 bits per heavy atom. The van der Waals surface area contributed by atoms with Crippen molar-refractivity contribution >= 4 is 22.9 Å². The topological polar surface area (TPSA) is 77.8 Å². The molecular formula is C15H16N4OS. The number of anilines is 1. The Balaban J connectivity index is 1.90. The summed E-state index contributed by atoms with van der Waals surface area (Å²) in [6.07, 6.45) is 0. The van der Waals surface area contributed by atoms with Gasteiger partial charge in [0.2, 0.25) is 0 Å². The molecule has 0 aliphatic heterocycles. The quantitative estimate of drug-likeness (QED) is 0.832. The van der Waals surface area contributed by atoms with Crippen molar-refractivity contribution in [3.63, 3.8) is 0 Å². The molecule has 0 aliphatic carbocycles. The van der Waals surface area contributed by atoms with Gasteiger partial charge in [0.25, 0.3) is 5.91 Å². The van der Waals surface area contributed by atoms with Gasteiger partial charge < -0.3 is 10.6 Å². The second kappa shape index (κ2) is 6.86. The van der Waals surface area contributed by atoms with Gasteiger partial charge in [0, 0.05) is 18.8 Å². The second-order valence-electron chi connectivity index (χ2n) is 4.54. The Labute approximate surface area is 127 Å². The number of aryl methyl sites for hydroxylation is 2. The summed E-state index contributed by atoms with van der Waals surface area (Å²) in [5.74, 6) is -0.0746. The molecule has 108 valence electrons. The van der Waals surface area contributed by atoms with Crippen molar-refractivity contribution in [3.8, 4) is 6.07 Å². The first kappa shape index (κ1) is 15.0. The molecule has 2 N–H and O–H groups in total. The summed E-state index contributed by atoms with van der Waals surface area (Å²) in [6.45, 7) is 4.74. The highest BCUT2D eigenvalue weighted by molar-refractivity contribution is 7.12. The summed E-state index contributed by atoms with van der Waals surface area (Å²) >= 11 is 1.41. The van der Waals surface area contributed by atoms with E-state index in [0.717, 1.165) is 11.4 Å². The fourth-order valence-corrected chi connectivity index (χ4v) is 2.62. The maximum absolute atomic E-state index is 11.8. The number of nitriles is 1. The van der Waals surface area contributed by atoms with Crippen molar-refractivity contribution in [2.75, 3.05) is 18.4 Å². The number of thiophene rings is 1. The van der Waals surface area contributed by atoms with E-state index in [1.807, 2.05) is 31.4 Å². The van der Waals surface area contributed by atoms with Crippen LogP contribution in [0.15, 0.2) is 23.6 Å². The molecule has 0 aliphatic rings. The minimum atomic E-state index is -0.0746. The Hall–Kier alpha value is -2.39. The molecule has 0 bridgehead atoms. The first-order valence-corrected chi connectivity index (χ1v) is 7.43. The maximum atomic E-state index is 11.8. The van der Waals surface area contributed by atoms with Crippen LogP contribution in [0.1, 0.15) is 26.6 Å². The number of hydrogen-bond donors (Lipinski definition) is 2. The first-order chi connectivity index (χ1) is 10.1. The van der Waals surface area contributed by atoms with Crippen LogP contribution in [0.2, 0.25) is 0 Å². The van der Waals surface area contributed by atoms with E-state index in [-0.39, 0.29) is 5.91 Å². The van der Waals surface area contributed by atoms with Crippen LogP contribution in [0, 0.1) is 25.2 Å². The van der Waals surface area contributed by atoms with Crippen molar-refractivity contribution in [2.45, 2.75) is 13.8 Å². The number of hydrogen-bond acceptors (Lipinski definition) is 5. The van der Waals surface area contributed by atoms with Crippen LogP contribution in [-0.4, -0.2) is 24.0 Å². The minimum absolute atomic E-state index is 0.0746. The Kier molecular flexibility index (Phi) is 4.90. The van der Waals surface area contributed by atoms with Gasteiger partial charge >= 0.3 is 0 Å². The average molecular weight is 300 g/mol. The molecule has 0 radical (unpaired) electrons. The van der Waals surface area contributed by atoms with E-state index in [1.54, 1.807) is 6.07 Å². The summed E-state index contributed by atoms with van der Waals surface area (Å²) in [7, 11) is 0. The van der Waals surface area contributed by atoms with Crippen molar-refractivity contribution in [1.29, 1.82) is 5.26 Å². The molecule has 1 amide bonds. The van der Waals surface area contributed by atoms with E-state index in [4.69, 9.17) is 5.26 Å². The summed E-state index contributed by atoms with van der Waals surface area (Å²) in [4.78, 5) is 16.7. The first-order valence-electron chi connectivity index (χ1n) is 6.55. The van der Waals surface area contributed by atoms with E-state index in [2.05, 4.69) is 21.7 Å². The van der Waals surface area contributed by atoms with Crippen LogP contribution >= 0.6 is 11.3 Å². The fourth-order valence-electron chi connectivity index (χ4n) is 1.98. The standard InChI is InChI=1S/C15H16N4OS/c1-10-8-13(12(9-16)11(2)19-10)17-5-6-18-15(20)14-4-3-7-21-14/h3-4,7-8H,5-6H2,1-2H3,(H,17,19)(H,18,20). The molecule has 0 saturated carbocycles. The lowest BCUT2D eigenvalue weighted by Gasteiger charge is -2.11. The van der Waals surface area contributed by atoms with E-state index in [0.29, 0.717) is 29.2 Å². The van der Waals surface area contributed by atoms with Crippen LogP contribution < -0.4 is 10.6 Å². The zero-order valence-electron chi connectivity index (χ0n) is 11.9. The number of rotatable bonds is 5. The van der Waals surface area contributed by atoms with Crippen molar-refractivity contribution in [1.82, 2.24) is 10.3 Å². The molecule has 2 aromatic heterocycles.